The fraction of sp³-hybridized carbons (Fsp3) is 0.556. The Bertz CT molecular complexity index is 693. The second-order valence-corrected chi connectivity index (χ2v) is 6.66. The van der Waals surface area contributed by atoms with Gasteiger partial charge in [0.1, 0.15) is 11.5 Å². The fourth-order valence-electron chi connectivity index (χ4n) is 3.54. The largest absolute Gasteiger partial charge is 0.466 e. The second-order valence-electron chi connectivity index (χ2n) is 6.66. The van der Waals surface area contributed by atoms with Crippen molar-refractivity contribution in [3.05, 3.63) is 34.4 Å². The van der Waals surface area contributed by atoms with E-state index in [1.165, 1.54) is 32.1 Å². The van der Waals surface area contributed by atoms with Gasteiger partial charge in [-0.05, 0) is 33.1 Å². The van der Waals surface area contributed by atoms with Crippen molar-refractivity contribution in [3.8, 4) is 0 Å². The van der Waals surface area contributed by atoms with Crippen LogP contribution in [0.3, 0.4) is 0 Å². The maximum atomic E-state index is 12.4. The number of amides is 1. The highest BCUT2D eigenvalue weighted by Crippen LogP contribution is 2.27. The molecule has 2 aromatic rings. The average molecular weight is 315 g/mol. The van der Waals surface area contributed by atoms with Crippen LogP contribution in [0.4, 0.5) is 5.82 Å². The van der Waals surface area contributed by atoms with Crippen LogP contribution in [0.25, 0.3) is 0 Å². The van der Waals surface area contributed by atoms with Crippen molar-refractivity contribution in [2.24, 2.45) is 5.92 Å². The Hall–Kier alpha value is -2.04. The first-order chi connectivity index (χ1) is 11.0. The van der Waals surface area contributed by atoms with Crippen molar-refractivity contribution in [1.29, 1.82) is 0 Å². The van der Waals surface area contributed by atoms with E-state index in [1.807, 2.05) is 26.8 Å². The standard InChI is InChI=1S/C18H25N3O2/c1-11-12(2)23-13(3)17(11)18(22)19-16-10-15(20-21-16)9-14-7-5-4-6-8-14/h10,14H,4-9H2,1-3H3,(H2,19,20,21,22). The van der Waals surface area contributed by atoms with E-state index in [1.54, 1.807) is 0 Å². The molecule has 1 aliphatic carbocycles. The Kier molecular flexibility index (Phi) is 4.55. The molecule has 1 saturated carbocycles. The number of nitrogens with zero attached hydrogens (tertiary/aromatic N) is 1. The molecule has 3 rings (SSSR count). The molecule has 1 amide bonds. The lowest BCUT2D eigenvalue weighted by Gasteiger charge is -2.20. The number of aromatic nitrogens is 2. The molecular weight excluding hydrogens is 290 g/mol. The topological polar surface area (TPSA) is 70.9 Å². The highest BCUT2D eigenvalue weighted by molar-refractivity contribution is 6.05. The van der Waals surface area contributed by atoms with Crippen LogP contribution in [0.1, 0.15) is 65.2 Å². The first-order valence-corrected chi connectivity index (χ1v) is 8.47. The molecule has 2 heterocycles. The molecule has 0 bridgehead atoms. The number of furan rings is 1. The van der Waals surface area contributed by atoms with Crippen LogP contribution >= 0.6 is 0 Å². The monoisotopic (exact) mass is 315 g/mol. The highest BCUT2D eigenvalue weighted by Gasteiger charge is 2.20. The first-order valence-electron chi connectivity index (χ1n) is 8.47. The van der Waals surface area contributed by atoms with Gasteiger partial charge in [0.2, 0.25) is 0 Å². The lowest BCUT2D eigenvalue weighted by molar-refractivity contribution is 0.102. The van der Waals surface area contributed by atoms with Crippen LogP contribution in [0.2, 0.25) is 0 Å². The minimum atomic E-state index is -0.160. The van der Waals surface area contributed by atoms with Crippen LogP contribution in [-0.2, 0) is 6.42 Å². The zero-order chi connectivity index (χ0) is 16.4. The summed E-state index contributed by atoms with van der Waals surface area (Å²) < 4.78 is 5.52. The van der Waals surface area contributed by atoms with E-state index in [0.717, 1.165) is 29.4 Å². The third-order valence-corrected chi connectivity index (χ3v) is 4.89. The smallest absolute Gasteiger partial charge is 0.260 e. The van der Waals surface area contributed by atoms with E-state index >= 15 is 0 Å². The molecule has 23 heavy (non-hydrogen) atoms. The number of carbonyl (C=O) groups is 1. The molecule has 0 saturated heterocycles. The molecule has 0 unspecified atom stereocenters. The quantitative estimate of drug-likeness (QED) is 0.883. The van der Waals surface area contributed by atoms with Gasteiger partial charge in [-0.25, -0.2) is 0 Å². The highest BCUT2D eigenvalue weighted by atomic mass is 16.3. The maximum absolute atomic E-state index is 12.4. The summed E-state index contributed by atoms with van der Waals surface area (Å²) in [5.74, 6) is 2.60. The van der Waals surface area contributed by atoms with Crippen molar-refractivity contribution in [2.75, 3.05) is 5.32 Å². The van der Waals surface area contributed by atoms with Crippen molar-refractivity contribution < 1.29 is 9.21 Å². The third kappa shape index (κ3) is 3.49. The molecule has 5 heteroatoms. The van der Waals surface area contributed by atoms with Crippen LogP contribution in [0.5, 0.6) is 0 Å². The predicted octanol–water partition coefficient (Wildman–Crippen LogP) is 4.30. The van der Waals surface area contributed by atoms with Gasteiger partial charge in [-0.1, -0.05) is 32.1 Å². The Morgan fingerprint density at radius 1 is 1.26 bits per heavy atom. The third-order valence-electron chi connectivity index (χ3n) is 4.89. The van der Waals surface area contributed by atoms with Crippen molar-refractivity contribution >= 4 is 11.7 Å². The lowest BCUT2D eigenvalue weighted by atomic mass is 9.86. The number of carbonyl (C=O) groups excluding carboxylic acids is 1. The van der Waals surface area contributed by atoms with Gasteiger partial charge in [0.05, 0.1) is 5.56 Å². The summed E-state index contributed by atoms with van der Waals surface area (Å²) in [5, 5.41) is 10.2. The summed E-state index contributed by atoms with van der Waals surface area (Å²) in [6, 6.07) is 1.95. The molecule has 0 atom stereocenters. The van der Waals surface area contributed by atoms with E-state index in [-0.39, 0.29) is 5.91 Å². The van der Waals surface area contributed by atoms with Gasteiger partial charge in [0.25, 0.3) is 5.91 Å². The van der Waals surface area contributed by atoms with Gasteiger partial charge in [-0.3, -0.25) is 9.89 Å². The summed E-state index contributed by atoms with van der Waals surface area (Å²) in [4.78, 5) is 12.4. The van der Waals surface area contributed by atoms with Crippen LogP contribution in [-0.4, -0.2) is 16.1 Å². The van der Waals surface area contributed by atoms with E-state index in [2.05, 4.69) is 15.5 Å². The van der Waals surface area contributed by atoms with Crippen LogP contribution in [0, 0.1) is 26.7 Å². The number of rotatable bonds is 4. The van der Waals surface area contributed by atoms with Crippen LogP contribution in [0.15, 0.2) is 10.5 Å². The molecule has 0 aliphatic heterocycles. The molecule has 2 N–H and O–H groups in total. The van der Waals surface area contributed by atoms with E-state index < -0.39 is 0 Å². The lowest BCUT2D eigenvalue weighted by Crippen LogP contribution is -2.13. The molecule has 0 aromatic carbocycles. The van der Waals surface area contributed by atoms with Crippen LogP contribution < -0.4 is 5.32 Å². The van der Waals surface area contributed by atoms with Gasteiger partial charge in [-0.2, -0.15) is 5.10 Å². The molecule has 0 spiro atoms. The van der Waals surface area contributed by atoms with Gasteiger partial charge in [0.15, 0.2) is 5.82 Å². The summed E-state index contributed by atoms with van der Waals surface area (Å²) in [6.45, 7) is 5.59. The van der Waals surface area contributed by atoms with Gasteiger partial charge < -0.3 is 9.73 Å². The second kappa shape index (κ2) is 6.60. The van der Waals surface area contributed by atoms with Gasteiger partial charge in [0, 0.05) is 17.3 Å². The number of hydrogen-bond donors (Lipinski definition) is 2. The van der Waals surface area contributed by atoms with E-state index in [0.29, 0.717) is 17.1 Å². The van der Waals surface area contributed by atoms with E-state index in [4.69, 9.17) is 4.42 Å². The Balaban J connectivity index is 1.65. The SMILES string of the molecule is Cc1oc(C)c(C(=O)Nc2cc(CC3CCCCC3)[nH]n2)c1C. The number of hydrogen-bond acceptors (Lipinski definition) is 3. The summed E-state index contributed by atoms with van der Waals surface area (Å²) >= 11 is 0. The molecule has 0 radical (unpaired) electrons. The zero-order valence-electron chi connectivity index (χ0n) is 14.2. The zero-order valence-corrected chi connectivity index (χ0v) is 14.2. The molecule has 5 nitrogen and oxygen atoms in total. The minimum Gasteiger partial charge on any atom is -0.466 e. The minimum absolute atomic E-state index is 0.160. The predicted molar refractivity (Wildman–Crippen MR) is 89.7 cm³/mol. The first kappa shape index (κ1) is 15.8. The Morgan fingerprint density at radius 3 is 2.65 bits per heavy atom. The van der Waals surface area contributed by atoms with E-state index in [9.17, 15) is 4.79 Å². The van der Waals surface area contributed by atoms with Crippen molar-refractivity contribution in [2.45, 2.75) is 59.3 Å². The number of nitrogens with one attached hydrogen (secondary N) is 2. The molecule has 1 aliphatic rings. The van der Waals surface area contributed by atoms with Gasteiger partial charge in [-0.15, -0.1) is 0 Å². The molecular formula is C18H25N3O2. The number of aryl methyl sites for hydroxylation is 2. The maximum Gasteiger partial charge on any atom is 0.260 e. The molecule has 1 fully saturated rings. The summed E-state index contributed by atoms with van der Waals surface area (Å²) in [6.07, 6.45) is 7.65. The number of H-pyrrole nitrogens is 1. The average Bonchev–Trinajstić information content (AvgIpc) is 3.05. The van der Waals surface area contributed by atoms with Crippen molar-refractivity contribution in [3.63, 3.8) is 0 Å². The fourth-order valence-corrected chi connectivity index (χ4v) is 3.54. The molecule has 124 valence electrons. The summed E-state index contributed by atoms with van der Waals surface area (Å²) in [7, 11) is 0. The normalized spacial score (nSPS) is 15.8. The molecule has 2 aromatic heterocycles. The number of anilines is 1. The Morgan fingerprint density at radius 2 is 2.00 bits per heavy atom. The Labute approximate surface area is 136 Å². The summed E-state index contributed by atoms with van der Waals surface area (Å²) in [5.41, 5.74) is 2.60. The number of aromatic amines is 1. The van der Waals surface area contributed by atoms with Gasteiger partial charge >= 0.3 is 0 Å². The van der Waals surface area contributed by atoms with Crippen molar-refractivity contribution in [1.82, 2.24) is 10.2 Å².